The summed E-state index contributed by atoms with van der Waals surface area (Å²) in [5.41, 5.74) is 6.47. The number of nitrogens with one attached hydrogen (secondary N) is 2. The second-order valence-electron chi connectivity index (χ2n) is 7.79. The molecule has 4 aromatic rings. The number of primary amides is 1. The van der Waals surface area contributed by atoms with Crippen molar-refractivity contribution in [3.63, 3.8) is 0 Å². The summed E-state index contributed by atoms with van der Waals surface area (Å²) in [6.45, 7) is 0.902. The standard InChI is InChI=1S/C23H20ClF3N8O/c24-33-20(9-13-7-15(25)11-16(26)8-13)21-18(14-1-2-19(27)17(10-14)22(28)36)12-30-23(32-21)29-3-5-35-6-4-31-34-35/h1-2,4,6-8,10-12,20,33H,3,5,9H2,(H2,28,36)(H,29,30,32)/t20-/m0/s1. The number of nitrogens with two attached hydrogens (primary N) is 1. The second kappa shape index (κ2) is 11.1. The first-order chi connectivity index (χ1) is 17.3. The second-order valence-corrected chi connectivity index (χ2v) is 8.01. The van der Waals surface area contributed by atoms with E-state index in [0.717, 1.165) is 12.1 Å². The minimum atomic E-state index is -0.939. The maximum Gasteiger partial charge on any atom is 0.251 e. The third-order valence-corrected chi connectivity index (χ3v) is 5.54. The Kier molecular flexibility index (Phi) is 7.76. The summed E-state index contributed by atoms with van der Waals surface area (Å²) in [4.78, 5) is 23.2. The lowest BCUT2D eigenvalue weighted by Crippen LogP contribution is -2.20. The van der Waals surface area contributed by atoms with Gasteiger partial charge in [-0.25, -0.2) is 28.0 Å². The number of aromatic nitrogens is 5. The molecule has 4 N–H and O–H groups in total. The van der Waals surface area contributed by atoms with Crippen LogP contribution in [0.25, 0.3) is 11.1 Å². The van der Waals surface area contributed by atoms with Gasteiger partial charge in [-0.3, -0.25) is 9.48 Å². The predicted molar refractivity (Wildman–Crippen MR) is 126 cm³/mol. The molecule has 13 heteroatoms. The molecular weight excluding hydrogens is 497 g/mol. The van der Waals surface area contributed by atoms with Crippen molar-refractivity contribution in [1.29, 1.82) is 0 Å². The maximum absolute atomic E-state index is 14.1. The molecular formula is C23H20ClF3N8O. The first kappa shape index (κ1) is 25.1. The molecule has 2 aromatic carbocycles. The number of carbonyl (C=O) groups is 1. The minimum absolute atomic E-state index is 0.0600. The lowest BCUT2D eigenvalue weighted by molar-refractivity contribution is 0.0996. The van der Waals surface area contributed by atoms with Crippen molar-refractivity contribution in [3.05, 3.63) is 89.3 Å². The van der Waals surface area contributed by atoms with Gasteiger partial charge in [0.2, 0.25) is 5.95 Å². The molecule has 0 saturated carbocycles. The quantitative estimate of drug-likeness (QED) is 0.276. The van der Waals surface area contributed by atoms with Gasteiger partial charge in [0, 0.05) is 30.6 Å². The maximum atomic E-state index is 14.1. The summed E-state index contributed by atoms with van der Waals surface area (Å²) >= 11 is 6.05. The highest BCUT2D eigenvalue weighted by atomic mass is 35.5. The summed E-state index contributed by atoms with van der Waals surface area (Å²) < 4.78 is 43.3. The van der Waals surface area contributed by atoms with Crippen LogP contribution in [0, 0.1) is 17.5 Å². The van der Waals surface area contributed by atoms with Gasteiger partial charge in [0.25, 0.3) is 5.91 Å². The monoisotopic (exact) mass is 516 g/mol. The van der Waals surface area contributed by atoms with E-state index in [-0.39, 0.29) is 17.9 Å². The molecule has 0 aliphatic heterocycles. The number of nitrogens with zero attached hydrogens (tertiary/aromatic N) is 5. The molecule has 4 rings (SSSR count). The van der Waals surface area contributed by atoms with E-state index in [0.29, 0.717) is 35.5 Å². The van der Waals surface area contributed by atoms with Crippen molar-refractivity contribution < 1.29 is 18.0 Å². The fourth-order valence-corrected chi connectivity index (χ4v) is 3.82. The minimum Gasteiger partial charge on any atom is -0.366 e. The van der Waals surface area contributed by atoms with Crippen molar-refractivity contribution in [1.82, 2.24) is 29.8 Å². The molecule has 2 heterocycles. The average molecular weight is 517 g/mol. The molecule has 1 atom stereocenters. The van der Waals surface area contributed by atoms with Crippen molar-refractivity contribution in [2.24, 2.45) is 5.73 Å². The van der Waals surface area contributed by atoms with Crippen LogP contribution in [0.15, 0.2) is 55.0 Å². The molecule has 9 nitrogen and oxygen atoms in total. The van der Waals surface area contributed by atoms with Crippen LogP contribution in [0.3, 0.4) is 0 Å². The van der Waals surface area contributed by atoms with E-state index in [9.17, 15) is 18.0 Å². The number of benzene rings is 2. The summed E-state index contributed by atoms with van der Waals surface area (Å²) in [7, 11) is 0. The zero-order chi connectivity index (χ0) is 25.7. The van der Waals surface area contributed by atoms with Crippen LogP contribution in [0.2, 0.25) is 0 Å². The van der Waals surface area contributed by atoms with Crippen molar-refractivity contribution in [2.45, 2.75) is 19.0 Å². The molecule has 0 aliphatic rings. The third kappa shape index (κ3) is 5.96. The molecule has 0 spiro atoms. The van der Waals surface area contributed by atoms with Gasteiger partial charge >= 0.3 is 0 Å². The molecule has 0 fully saturated rings. The Bertz CT molecular complexity index is 1350. The van der Waals surface area contributed by atoms with E-state index in [1.54, 1.807) is 17.1 Å². The highest BCUT2D eigenvalue weighted by molar-refractivity contribution is 6.13. The fourth-order valence-electron chi connectivity index (χ4n) is 3.64. The number of rotatable bonds is 10. The van der Waals surface area contributed by atoms with E-state index in [1.165, 1.54) is 30.5 Å². The van der Waals surface area contributed by atoms with Gasteiger partial charge in [0.15, 0.2) is 0 Å². The average Bonchev–Trinajstić information content (AvgIpc) is 3.36. The molecule has 186 valence electrons. The van der Waals surface area contributed by atoms with Crippen LogP contribution in [0.1, 0.15) is 27.7 Å². The highest BCUT2D eigenvalue weighted by Gasteiger charge is 2.22. The molecule has 0 radical (unpaired) electrons. The van der Waals surface area contributed by atoms with Gasteiger partial charge in [0.05, 0.1) is 30.0 Å². The Labute approximate surface area is 208 Å². The van der Waals surface area contributed by atoms with Gasteiger partial charge in [0.1, 0.15) is 17.5 Å². The van der Waals surface area contributed by atoms with Crippen LogP contribution >= 0.6 is 11.8 Å². The zero-order valence-electron chi connectivity index (χ0n) is 18.6. The van der Waals surface area contributed by atoms with Crippen LogP contribution in [-0.2, 0) is 13.0 Å². The van der Waals surface area contributed by atoms with Crippen LogP contribution in [0.4, 0.5) is 19.1 Å². The third-order valence-electron chi connectivity index (χ3n) is 5.28. The van der Waals surface area contributed by atoms with Gasteiger partial charge in [-0.05, 0) is 53.6 Å². The molecule has 0 saturated heterocycles. The lowest BCUT2D eigenvalue weighted by Gasteiger charge is -2.19. The SMILES string of the molecule is NC(=O)c1cc(-c2cnc(NCCn3ccnn3)nc2[C@H](Cc2cc(F)cc(F)c2)NCl)ccc1F. The smallest absolute Gasteiger partial charge is 0.251 e. The summed E-state index contributed by atoms with van der Waals surface area (Å²) in [5, 5.41) is 10.7. The van der Waals surface area contributed by atoms with E-state index in [2.05, 4.69) is 30.4 Å². The lowest BCUT2D eigenvalue weighted by atomic mass is 9.96. The number of amides is 1. The van der Waals surface area contributed by atoms with Crippen LogP contribution < -0.4 is 15.9 Å². The number of halogens is 4. The molecule has 1 amide bonds. The fraction of sp³-hybridized carbons (Fsp3) is 0.174. The van der Waals surface area contributed by atoms with Crippen LogP contribution in [0.5, 0.6) is 0 Å². The Morgan fingerprint density at radius 3 is 2.58 bits per heavy atom. The van der Waals surface area contributed by atoms with E-state index >= 15 is 0 Å². The number of hydrogen-bond donors (Lipinski definition) is 3. The van der Waals surface area contributed by atoms with Crippen molar-refractivity contribution in [2.75, 3.05) is 11.9 Å². The topological polar surface area (TPSA) is 124 Å². The van der Waals surface area contributed by atoms with Gasteiger partial charge in [-0.1, -0.05) is 11.3 Å². The van der Waals surface area contributed by atoms with E-state index in [1.807, 2.05) is 0 Å². The van der Waals surface area contributed by atoms with E-state index < -0.39 is 29.4 Å². The molecule has 0 aliphatic carbocycles. The highest BCUT2D eigenvalue weighted by Crippen LogP contribution is 2.31. The number of hydrogen-bond acceptors (Lipinski definition) is 7. The number of carbonyl (C=O) groups excluding carboxylic acids is 1. The molecule has 2 aromatic heterocycles. The van der Waals surface area contributed by atoms with Gasteiger partial charge in [-0.2, -0.15) is 0 Å². The summed E-state index contributed by atoms with van der Waals surface area (Å²) in [6.07, 6.45) is 4.79. The predicted octanol–water partition coefficient (Wildman–Crippen LogP) is 3.39. The van der Waals surface area contributed by atoms with E-state index in [4.69, 9.17) is 17.5 Å². The Hall–Kier alpha value is -4.03. The Balaban J connectivity index is 1.71. The Morgan fingerprint density at radius 2 is 1.92 bits per heavy atom. The Morgan fingerprint density at radius 1 is 1.14 bits per heavy atom. The number of anilines is 1. The molecule has 0 unspecified atom stereocenters. The largest absolute Gasteiger partial charge is 0.366 e. The summed E-state index contributed by atoms with van der Waals surface area (Å²) in [6, 6.07) is 6.22. The summed E-state index contributed by atoms with van der Waals surface area (Å²) in [5.74, 6) is -2.94. The normalized spacial score (nSPS) is 11.9. The van der Waals surface area contributed by atoms with Crippen molar-refractivity contribution in [3.8, 4) is 11.1 Å². The van der Waals surface area contributed by atoms with Gasteiger partial charge in [-0.15, -0.1) is 5.10 Å². The van der Waals surface area contributed by atoms with Crippen LogP contribution in [-0.4, -0.2) is 37.4 Å². The molecule has 0 bridgehead atoms. The van der Waals surface area contributed by atoms with Gasteiger partial charge < -0.3 is 11.1 Å². The molecule has 36 heavy (non-hydrogen) atoms. The first-order valence-corrected chi connectivity index (χ1v) is 11.1. The first-order valence-electron chi connectivity index (χ1n) is 10.7. The zero-order valence-corrected chi connectivity index (χ0v) is 19.4. The van der Waals surface area contributed by atoms with Crippen molar-refractivity contribution >= 4 is 23.6 Å².